The van der Waals surface area contributed by atoms with Crippen molar-refractivity contribution in [3.63, 3.8) is 0 Å². The maximum Gasteiger partial charge on any atom is 0.145 e. The first kappa shape index (κ1) is 8.26. The monoisotopic (exact) mass is 176 g/mol. The lowest BCUT2D eigenvalue weighted by atomic mass is 10.1. The molecule has 0 radical (unpaired) electrons. The average Bonchev–Trinajstić information content (AvgIpc) is 2.51. The van der Waals surface area contributed by atoms with Crippen LogP contribution in [-0.2, 0) is 6.42 Å². The molecule has 0 aliphatic carbocycles. The number of hydrogen-bond acceptors (Lipinski definition) is 3. The molecular weight excluding hydrogens is 164 g/mol. The Morgan fingerprint density at radius 1 is 1.46 bits per heavy atom. The van der Waals surface area contributed by atoms with Gasteiger partial charge in [-0.15, -0.1) is 0 Å². The summed E-state index contributed by atoms with van der Waals surface area (Å²) in [5, 5.41) is 5.09. The molecule has 0 atom stereocenters. The van der Waals surface area contributed by atoms with E-state index in [4.69, 9.17) is 10.3 Å². The van der Waals surface area contributed by atoms with Crippen molar-refractivity contribution >= 4 is 10.9 Å². The minimum atomic E-state index is 0.595. The summed E-state index contributed by atoms with van der Waals surface area (Å²) in [6.45, 7) is 2.62. The van der Waals surface area contributed by atoms with Crippen molar-refractivity contribution in [3.05, 3.63) is 29.5 Å². The van der Waals surface area contributed by atoms with Crippen LogP contribution in [0.5, 0.6) is 0 Å². The van der Waals surface area contributed by atoms with Crippen LogP contribution in [-0.4, -0.2) is 11.7 Å². The second-order valence-electron chi connectivity index (χ2n) is 3.12. The minimum absolute atomic E-state index is 0.595. The zero-order valence-corrected chi connectivity index (χ0v) is 7.58. The lowest BCUT2D eigenvalue weighted by molar-refractivity contribution is 0.392. The Morgan fingerprint density at radius 2 is 2.31 bits per heavy atom. The van der Waals surface area contributed by atoms with Crippen molar-refractivity contribution in [2.75, 3.05) is 6.54 Å². The highest BCUT2D eigenvalue weighted by Crippen LogP contribution is 2.20. The Labute approximate surface area is 76.5 Å². The number of rotatable bonds is 2. The largest absolute Gasteiger partial charge is 0.360 e. The lowest BCUT2D eigenvalue weighted by Gasteiger charge is -1.93. The van der Waals surface area contributed by atoms with E-state index in [1.807, 2.05) is 25.1 Å². The van der Waals surface area contributed by atoms with Gasteiger partial charge in [-0.3, -0.25) is 0 Å². The van der Waals surface area contributed by atoms with Gasteiger partial charge >= 0.3 is 0 Å². The van der Waals surface area contributed by atoms with Crippen molar-refractivity contribution in [2.24, 2.45) is 5.73 Å². The Balaban J connectivity index is 2.61. The maximum absolute atomic E-state index is 5.46. The molecule has 0 amide bonds. The fourth-order valence-corrected chi connectivity index (χ4v) is 1.47. The Kier molecular flexibility index (Phi) is 2.02. The standard InChI is InChI=1S/C10H12N2O/c1-7-3-2-4-8-9(5-6-11)13-12-10(7)8/h2-4H,5-6,11H2,1H3. The molecule has 2 aromatic rings. The van der Waals surface area contributed by atoms with Crippen LogP contribution in [0.15, 0.2) is 22.7 Å². The molecule has 0 aliphatic heterocycles. The zero-order chi connectivity index (χ0) is 9.26. The molecule has 3 nitrogen and oxygen atoms in total. The normalized spacial score (nSPS) is 10.9. The maximum atomic E-state index is 5.46. The molecule has 0 bridgehead atoms. The van der Waals surface area contributed by atoms with E-state index in [1.54, 1.807) is 0 Å². The molecule has 0 fully saturated rings. The van der Waals surface area contributed by atoms with Gasteiger partial charge in [0.05, 0.1) is 0 Å². The van der Waals surface area contributed by atoms with Gasteiger partial charge in [0.1, 0.15) is 11.3 Å². The van der Waals surface area contributed by atoms with Gasteiger partial charge in [-0.25, -0.2) is 0 Å². The number of nitrogens with zero attached hydrogens (tertiary/aromatic N) is 1. The first-order valence-electron chi connectivity index (χ1n) is 4.37. The molecule has 1 aromatic heterocycles. The summed E-state index contributed by atoms with van der Waals surface area (Å²) in [6.07, 6.45) is 0.750. The second-order valence-corrected chi connectivity index (χ2v) is 3.12. The average molecular weight is 176 g/mol. The van der Waals surface area contributed by atoms with Crippen molar-refractivity contribution < 1.29 is 4.52 Å². The van der Waals surface area contributed by atoms with Crippen LogP contribution in [0.25, 0.3) is 10.9 Å². The highest BCUT2D eigenvalue weighted by atomic mass is 16.5. The van der Waals surface area contributed by atoms with Gasteiger partial charge in [-0.05, 0) is 25.1 Å². The Hall–Kier alpha value is -1.35. The van der Waals surface area contributed by atoms with Gasteiger partial charge in [0.25, 0.3) is 0 Å². The molecule has 0 saturated carbocycles. The number of benzene rings is 1. The Bertz CT molecular complexity index is 420. The molecule has 3 heteroatoms. The molecule has 2 rings (SSSR count). The van der Waals surface area contributed by atoms with Gasteiger partial charge in [0.2, 0.25) is 0 Å². The van der Waals surface area contributed by atoms with E-state index in [9.17, 15) is 0 Å². The van der Waals surface area contributed by atoms with Crippen molar-refractivity contribution in [3.8, 4) is 0 Å². The third-order valence-electron chi connectivity index (χ3n) is 2.16. The minimum Gasteiger partial charge on any atom is -0.360 e. The molecule has 68 valence electrons. The SMILES string of the molecule is Cc1cccc2c(CCN)onc12. The van der Waals surface area contributed by atoms with E-state index in [1.165, 1.54) is 0 Å². The van der Waals surface area contributed by atoms with E-state index < -0.39 is 0 Å². The lowest BCUT2D eigenvalue weighted by Crippen LogP contribution is -2.01. The molecule has 1 aromatic carbocycles. The highest BCUT2D eigenvalue weighted by molar-refractivity contribution is 5.83. The zero-order valence-electron chi connectivity index (χ0n) is 7.58. The summed E-state index contributed by atoms with van der Waals surface area (Å²) in [7, 11) is 0. The first-order chi connectivity index (χ1) is 6.33. The molecular formula is C10H12N2O. The van der Waals surface area contributed by atoms with Gasteiger partial charge < -0.3 is 10.3 Å². The van der Waals surface area contributed by atoms with E-state index >= 15 is 0 Å². The van der Waals surface area contributed by atoms with Crippen molar-refractivity contribution in [1.29, 1.82) is 0 Å². The fourth-order valence-electron chi connectivity index (χ4n) is 1.47. The molecule has 0 unspecified atom stereocenters. The van der Waals surface area contributed by atoms with Gasteiger partial charge in [-0.2, -0.15) is 0 Å². The predicted octanol–water partition coefficient (Wildman–Crippen LogP) is 1.64. The number of aryl methyl sites for hydroxylation is 1. The molecule has 13 heavy (non-hydrogen) atoms. The molecule has 0 spiro atoms. The summed E-state index contributed by atoms with van der Waals surface area (Å²) in [6, 6.07) is 6.05. The third kappa shape index (κ3) is 1.31. The third-order valence-corrected chi connectivity index (χ3v) is 2.16. The van der Waals surface area contributed by atoms with E-state index in [-0.39, 0.29) is 0 Å². The summed E-state index contributed by atoms with van der Waals surface area (Å²) < 4.78 is 5.21. The number of aromatic nitrogens is 1. The summed E-state index contributed by atoms with van der Waals surface area (Å²) in [5.41, 5.74) is 7.55. The number of hydrogen-bond donors (Lipinski definition) is 1. The van der Waals surface area contributed by atoms with E-state index in [0.717, 1.165) is 28.6 Å². The van der Waals surface area contributed by atoms with Crippen LogP contribution in [0.1, 0.15) is 11.3 Å². The fraction of sp³-hybridized carbons (Fsp3) is 0.300. The predicted molar refractivity (Wildman–Crippen MR) is 51.5 cm³/mol. The summed E-state index contributed by atoms with van der Waals surface area (Å²) >= 11 is 0. The number of nitrogens with two attached hydrogens (primary N) is 1. The quantitative estimate of drug-likeness (QED) is 0.756. The van der Waals surface area contributed by atoms with E-state index in [2.05, 4.69) is 5.16 Å². The van der Waals surface area contributed by atoms with Crippen LogP contribution in [0.4, 0.5) is 0 Å². The topological polar surface area (TPSA) is 52.0 Å². The van der Waals surface area contributed by atoms with Gasteiger partial charge in [0.15, 0.2) is 0 Å². The van der Waals surface area contributed by atoms with Crippen molar-refractivity contribution in [1.82, 2.24) is 5.16 Å². The van der Waals surface area contributed by atoms with Crippen LogP contribution in [0, 0.1) is 6.92 Å². The van der Waals surface area contributed by atoms with Crippen LogP contribution >= 0.6 is 0 Å². The smallest absolute Gasteiger partial charge is 0.145 e. The molecule has 1 heterocycles. The molecule has 0 aliphatic rings. The van der Waals surface area contributed by atoms with Gasteiger partial charge in [-0.1, -0.05) is 17.3 Å². The van der Waals surface area contributed by atoms with E-state index in [0.29, 0.717) is 6.54 Å². The van der Waals surface area contributed by atoms with Crippen LogP contribution in [0.2, 0.25) is 0 Å². The Morgan fingerprint density at radius 3 is 3.08 bits per heavy atom. The van der Waals surface area contributed by atoms with Crippen molar-refractivity contribution in [2.45, 2.75) is 13.3 Å². The summed E-state index contributed by atoms with van der Waals surface area (Å²) in [4.78, 5) is 0. The molecule has 0 saturated heterocycles. The van der Waals surface area contributed by atoms with Crippen LogP contribution < -0.4 is 5.73 Å². The van der Waals surface area contributed by atoms with Crippen LogP contribution in [0.3, 0.4) is 0 Å². The highest BCUT2D eigenvalue weighted by Gasteiger charge is 2.07. The van der Waals surface area contributed by atoms with Gasteiger partial charge in [0, 0.05) is 11.8 Å². The molecule has 2 N–H and O–H groups in total. The number of fused-ring (bicyclic) bond motifs is 1. The second kappa shape index (κ2) is 3.18. The first-order valence-corrected chi connectivity index (χ1v) is 4.37. The summed E-state index contributed by atoms with van der Waals surface area (Å²) in [5.74, 6) is 0.890.